The highest BCUT2D eigenvalue weighted by Gasteiger charge is 2.08. The molecule has 1 aromatic carbocycles. The lowest BCUT2D eigenvalue weighted by Gasteiger charge is -2.20. The predicted octanol–water partition coefficient (Wildman–Crippen LogP) is 2.79. The first-order valence-electron chi connectivity index (χ1n) is 8.92. The fourth-order valence-electron chi connectivity index (χ4n) is 2.61. The largest absolute Gasteiger partial charge is 0.361 e. The third kappa shape index (κ3) is 6.38. The maximum Gasteiger partial charge on any atom is 0.191 e. The van der Waals surface area contributed by atoms with Crippen molar-refractivity contribution in [2.75, 3.05) is 26.2 Å². The van der Waals surface area contributed by atoms with E-state index in [1.54, 1.807) is 12.1 Å². The summed E-state index contributed by atoms with van der Waals surface area (Å²) < 4.78 is 13.4. The standard InChI is InChI=1S/C19H30FN5/c1-5-21-18(23-10-11-25-19(2,3)4)22-9-8-14-13-24-17-7-6-15(20)12-16(14)17/h6-7,12-13,24-25H,5,8-11H2,1-4H3,(H2,21,22,23). The Labute approximate surface area is 149 Å². The van der Waals surface area contributed by atoms with E-state index in [0.717, 1.165) is 48.5 Å². The highest BCUT2D eigenvalue weighted by atomic mass is 19.1. The molecule has 25 heavy (non-hydrogen) atoms. The second kappa shape index (κ2) is 8.85. The number of nitrogens with zero attached hydrogens (tertiary/aromatic N) is 1. The number of H-pyrrole nitrogens is 1. The van der Waals surface area contributed by atoms with E-state index in [1.807, 2.05) is 13.1 Å². The van der Waals surface area contributed by atoms with Crippen molar-refractivity contribution in [1.29, 1.82) is 0 Å². The van der Waals surface area contributed by atoms with Crippen molar-refractivity contribution in [2.24, 2.45) is 4.99 Å². The summed E-state index contributed by atoms with van der Waals surface area (Å²) in [5, 5.41) is 11.0. The van der Waals surface area contributed by atoms with E-state index in [0.29, 0.717) is 6.54 Å². The molecule has 4 N–H and O–H groups in total. The number of fused-ring (bicyclic) bond motifs is 1. The molecule has 2 rings (SSSR count). The highest BCUT2D eigenvalue weighted by Crippen LogP contribution is 2.19. The first kappa shape index (κ1) is 19.2. The van der Waals surface area contributed by atoms with Crippen LogP contribution in [-0.2, 0) is 6.42 Å². The number of rotatable bonds is 7. The van der Waals surface area contributed by atoms with Gasteiger partial charge in [-0.2, -0.15) is 0 Å². The van der Waals surface area contributed by atoms with Gasteiger partial charge < -0.3 is 20.9 Å². The van der Waals surface area contributed by atoms with Crippen molar-refractivity contribution >= 4 is 16.9 Å². The van der Waals surface area contributed by atoms with Crippen molar-refractivity contribution in [3.8, 4) is 0 Å². The molecule has 0 radical (unpaired) electrons. The summed E-state index contributed by atoms with van der Waals surface area (Å²) in [5.41, 5.74) is 2.17. The van der Waals surface area contributed by atoms with Gasteiger partial charge in [-0.1, -0.05) is 0 Å². The minimum Gasteiger partial charge on any atom is -0.361 e. The molecule has 0 atom stereocenters. The van der Waals surface area contributed by atoms with Gasteiger partial charge in [0, 0.05) is 42.3 Å². The van der Waals surface area contributed by atoms with Gasteiger partial charge in [0.1, 0.15) is 5.82 Å². The van der Waals surface area contributed by atoms with Gasteiger partial charge >= 0.3 is 0 Å². The Bertz CT molecular complexity index is 699. The van der Waals surface area contributed by atoms with Gasteiger partial charge in [-0.15, -0.1) is 0 Å². The number of halogens is 1. The van der Waals surface area contributed by atoms with Gasteiger partial charge in [0.05, 0.1) is 6.54 Å². The molecular weight excluding hydrogens is 317 g/mol. The number of aliphatic imine (C=N–C) groups is 1. The van der Waals surface area contributed by atoms with Gasteiger partial charge in [-0.05, 0) is 57.9 Å². The Morgan fingerprint density at radius 3 is 2.72 bits per heavy atom. The minimum absolute atomic E-state index is 0.103. The van der Waals surface area contributed by atoms with Crippen LogP contribution in [0.3, 0.4) is 0 Å². The molecule has 0 aliphatic heterocycles. The Morgan fingerprint density at radius 1 is 1.20 bits per heavy atom. The van der Waals surface area contributed by atoms with Crippen LogP contribution in [0.4, 0.5) is 4.39 Å². The maximum absolute atomic E-state index is 13.4. The fraction of sp³-hybridized carbons (Fsp3) is 0.526. The van der Waals surface area contributed by atoms with Crippen molar-refractivity contribution in [2.45, 2.75) is 39.7 Å². The summed E-state index contributed by atoms with van der Waals surface area (Å²) >= 11 is 0. The molecule has 1 heterocycles. The Balaban J connectivity index is 1.86. The van der Waals surface area contributed by atoms with E-state index < -0.39 is 0 Å². The normalized spacial score (nSPS) is 12.6. The predicted molar refractivity (Wildman–Crippen MR) is 104 cm³/mol. The van der Waals surface area contributed by atoms with Crippen LogP contribution in [0.15, 0.2) is 29.4 Å². The Hall–Kier alpha value is -2.08. The molecule has 0 amide bonds. The monoisotopic (exact) mass is 347 g/mol. The maximum atomic E-state index is 13.4. The number of aromatic amines is 1. The van der Waals surface area contributed by atoms with Crippen LogP contribution in [0.1, 0.15) is 33.3 Å². The van der Waals surface area contributed by atoms with E-state index in [-0.39, 0.29) is 11.4 Å². The van der Waals surface area contributed by atoms with Crippen LogP contribution in [0.5, 0.6) is 0 Å². The molecule has 0 saturated heterocycles. The number of benzene rings is 1. The molecular formula is C19H30FN5. The van der Waals surface area contributed by atoms with E-state index in [2.05, 4.69) is 46.7 Å². The van der Waals surface area contributed by atoms with Crippen molar-refractivity contribution < 1.29 is 4.39 Å². The average Bonchev–Trinajstić information content (AvgIpc) is 2.93. The summed E-state index contributed by atoms with van der Waals surface area (Å²) in [7, 11) is 0. The first-order valence-corrected chi connectivity index (χ1v) is 8.92. The smallest absolute Gasteiger partial charge is 0.191 e. The zero-order valence-electron chi connectivity index (χ0n) is 15.7. The van der Waals surface area contributed by atoms with Gasteiger partial charge in [0.2, 0.25) is 0 Å². The Morgan fingerprint density at radius 2 is 2.00 bits per heavy atom. The second-order valence-corrected chi connectivity index (χ2v) is 7.12. The molecule has 0 unspecified atom stereocenters. The van der Waals surface area contributed by atoms with Gasteiger partial charge in [0.15, 0.2) is 5.96 Å². The summed E-state index contributed by atoms with van der Waals surface area (Å²) in [6.45, 7) is 11.6. The second-order valence-electron chi connectivity index (χ2n) is 7.12. The molecule has 6 heteroatoms. The zero-order chi connectivity index (χ0) is 18.3. The van der Waals surface area contributed by atoms with Crippen molar-refractivity contribution in [3.05, 3.63) is 35.8 Å². The van der Waals surface area contributed by atoms with Crippen LogP contribution in [0.2, 0.25) is 0 Å². The molecule has 1 aromatic heterocycles. The van der Waals surface area contributed by atoms with Gasteiger partial charge in [0.25, 0.3) is 0 Å². The lowest BCUT2D eigenvalue weighted by atomic mass is 10.1. The summed E-state index contributed by atoms with van der Waals surface area (Å²) in [6, 6.07) is 4.83. The van der Waals surface area contributed by atoms with Crippen LogP contribution < -0.4 is 16.0 Å². The SMILES string of the molecule is CCNC(=NCCNC(C)(C)C)NCCc1c[nH]c2ccc(F)cc12. The third-order valence-electron chi connectivity index (χ3n) is 3.80. The van der Waals surface area contributed by atoms with Crippen LogP contribution in [0, 0.1) is 5.82 Å². The minimum atomic E-state index is -0.206. The van der Waals surface area contributed by atoms with Crippen molar-refractivity contribution in [1.82, 2.24) is 20.9 Å². The van der Waals surface area contributed by atoms with Gasteiger partial charge in [-0.3, -0.25) is 4.99 Å². The summed E-state index contributed by atoms with van der Waals surface area (Å²) in [4.78, 5) is 7.76. The summed E-state index contributed by atoms with van der Waals surface area (Å²) in [6.07, 6.45) is 2.75. The van der Waals surface area contributed by atoms with E-state index in [1.165, 1.54) is 6.07 Å². The number of guanidine groups is 1. The van der Waals surface area contributed by atoms with E-state index in [9.17, 15) is 4.39 Å². The molecule has 138 valence electrons. The van der Waals surface area contributed by atoms with E-state index in [4.69, 9.17) is 0 Å². The number of hydrogen-bond donors (Lipinski definition) is 4. The third-order valence-corrected chi connectivity index (χ3v) is 3.80. The number of aromatic nitrogens is 1. The summed E-state index contributed by atoms with van der Waals surface area (Å²) in [5.74, 6) is 0.604. The molecule has 0 aliphatic carbocycles. The fourth-order valence-corrected chi connectivity index (χ4v) is 2.61. The topological polar surface area (TPSA) is 64.2 Å². The highest BCUT2D eigenvalue weighted by molar-refractivity contribution is 5.83. The zero-order valence-corrected chi connectivity index (χ0v) is 15.7. The molecule has 5 nitrogen and oxygen atoms in total. The molecule has 0 saturated carbocycles. The van der Waals surface area contributed by atoms with Gasteiger partial charge in [-0.25, -0.2) is 4.39 Å². The molecule has 0 fully saturated rings. The first-order chi connectivity index (χ1) is 11.9. The van der Waals surface area contributed by atoms with Crippen LogP contribution in [0.25, 0.3) is 10.9 Å². The molecule has 0 bridgehead atoms. The number of nitrogens with one attached hydrogen (secondary N) is 4. The van der Waals surface area contributed by atoms with Crippen molar-refractivity contribution in [3.63, 3.8) is 0 Å². The van der Waals surface area contributed by atoms with Crippen LogP contribution in [-0.4, -0.2) is 42.7 Å². The Kier molecular flexibility index (Phi) is 6.82. The average molecular weight is 347 g/mol. The molecule has 0 spiro atoms. The molecule has 0 aliphatic rings. The van der Waals surface area contributed by atoms with Crippen LogP contribution >= 0.6 is 0 Å². The quantitative estimate of drug-likeness (QED) is 0.354. The number of hydrogen-bond acceptors (Lipinski definition) is 2. The van der Waals surface area contributed by atoms with E-state index >= 15 is 0 Å². The lowest BCUT2D eigenvalue weighted by molar-refractivity contribution is 0.432. The lowest BCUT2D eigenvalue weighted by Crippen LogP contribution is -2.40. The molecule has 2 aromatic rings.